The molecule has 1 N–H and O–H groups in total. The van der Waals surface area contributed by atoms with Crippen LogP contribution in [0.3, 0.4) is 0 Å². The molecule has 2 aromatic heterocycles. The van der Waals surface area contributed by atoms with Gasteiger partial charge in [-0.1, -0.05) is 6.92 Å². The van der Waals surface area contributed by atoms with Gasteiger partial charge in [-0.05, 0) is 25.8 Å². The maximum absolute atomic E-state index is 12.1. The first-order valence-electron chi connectivity index (χ1n) is 6.57. The van der Waals surface area contributed by atoms with Gasteiger partial charge in [0.2, 0.25) is 0 Å². The molecule has 2 rings (SSSR count). The molecule has 0 aliphatic rings. The Morgan fingerprint density at radius 2 is 2.19 bits per heavy atom. The second kappa shape index (κ2) is 6.17. The lowest BCUT2D eigenvalue weighted by molar-refractivity contribution is -0.141. The van der Waals surface area contributed by atoms with Gasteiger partial charge in [0.25, 0.3) is 0 Å². The molecule has 0 aromatic carbocycles. The summed E-state index contributed by atoms with van der Waals surface area (Å²) >= 11 is 1.47. The van der Waals surface area contributed by atoms with Crippen LogP contribution in [0, 0.1) is 19.8 Å². The van der Waals surface area contributed by atoms with Crippen molar-refractivity contribution in [2.75, 3.05) is 0 Å². The van der Waals surface area contributed by atoms with Crippen LogP contribution in [0.25, 0.3) is 0 Å². The van der Waals surface area contributed by atoms with Crippen molar-refractivity contribution in [2.45, 2.75) is 33.7 Å². The summed E-state index contributed by atoms with van der Waals surface area (Å²) in [5.41, 5.74) is 4.36. The third kappa shape index (κ3) is 3.36. The van der Waals surface area contributed by atoms with Crippen molar-refractivity contribution in [3.8, 4) is 0 Å². The van der Waals surface area contributed by atoms with Crippen LogP contribution in [-0.2, 0) is 17.8 Å². The number of aromatic nitrogens is 3. The molecule has 0 saturated carbocycles. The van der Waals surface area contributed by atoms with Gasteiger partial charge in [0, 0.05) is 16.8 Å². The SMILES string of the molecule is Cc1nc(=O)n(Cc2cscn2)c(C)c1CC(C)C(=O)O. The number of nitrogens with zero attached hydrogens (tertiary/aromatic N) is 3. The topological polar surface area (TPSA) is 85.1 Å². The van der Waals surface area contributed by atoms with Gasteiger partial charge in [0.15, 0.2) is 0 Å². The van der Waals surface area contributed by atoms with E-state index in [-0.39, 0.29) is 5.69 Å². The molecule has 0 aliphatic carbocycles. The Morgan fingerprint density at radius 3 is 2.76 bits per heavy atom. The number of carboxylic acids is 1. The smallest absolute Gasteiger partial charge is 0.348 e. The van der Waals surface area contributed by atoms with E-state index in [9.17, 15) is 9.59 Å². The lowest BCUT2D eigenvalue weighted by Crippen LogP contribution is -2.29. The quantitative estimate of drug-likeness (QED) is 0.907. The number of carbonyl (C=O) groups is 1. The molecule has 0 bridgehead atoms. The van der Waals surface area contributed by atoms with E-state index in [1.807, 2.05) is 12.3 Å². The second-order valence-corrected chi connectivity index (χ2v) is 5.77. The molecule has 112 valence electrons. The number of hydrogen-bond donors (Lipinski definition) is 1. The minimum absolute atomic E-state index is 0.329. The third-order valence-corrected chi connectivity index (χ3v) is 4.14. The fourth-order valence-corrected chi connectivity index (χ4v) is 2.74. The minimum atomic E-state index is -0.856. The molecule has 0 amide bonds. The first-order valence-corrected chi connectivity index (χ1v) is 7.51. The van der Waals surface area contributed by atoms with Crippen LogP contribution in [-0.4, -0.2) is 25.6 Å². The molecule has 2 heterocycles. The predicted octanol–water partition coefficient (Wildman–Crippen LogP) is 1.63. The Balaban J connectivity index is 2.42. The van der Waals surface area contributed by atoms with Crippen molar-refractivity contribution < 1.29 is 9.90 Å². The summed E-state index contributed by atoms with van der Waals surface area (Å²) < 4.78 is 1.55. The molecule has 1 atom stereocenters. The maximum Gasteiger partial charge on any atom is 0.348 e. The van der Waals surface area contributed by atoms with Crippen LogP contribution in [0.1, 0.15) is 29.6 Å². The number of thiazole rings is 1. The fourth-order valence-electron chi connectivity index (χ4n) is 2.19. The molecule has 0 spiro atoms. The standard InChI is InChI=1S/C14H17N3O3S/c1-8(13(18)19)4-12-9(2)16-14(20)17(10(12)3)5-11-6-21-7-15-11/h6-8H,4-5H2,1-3H3,(H,18,19). The normalized spacial score (nSPS) is 12.3. The molecule has 2 aromatic rings. The van der Waals surface area contributed by atoms with Crippen molar-refractivity contribution in [3.63, 3.8) is 0 Å². The van der Waals surface area contributed by atoms with Gasteiger partial charge in [0.1, 0.15) is 0 Å². The number of carboxylic acid groups (broad SMARTS) is 1. The predicted molar refractivity (Wildman–Crippen MR) is 79.7 cm³/mol. The maximum atomic E-state index is 12.1. The zero-order valence-electron chi connectivity index (χ0n) is 12.2. The molecule has 21 heavy (non-hydrogen) atoms. The molecule has 0 saturated heterocycles. The average Bonchev–Trinajstić information content (AvgIpc) is 2.92. The van der Waals surface area contributed by atoms with E-state index < -0.39 is 11.9 Å². The van der Waals surface area contributed by atoms with Gasteiger partial charge < -0.3 is 5.11 Å². The highest BCUT2D eigenvalue weighted by molar-refractivity contribution is 7.07. The zero-order chi connectivity index (χ0) is 15.6. The Kier molecular flexibility index (Phi) is 4.52. The van der Waals surface area contributed by atoms with Crippen LogP contribution in [0.2, 0.25) is 0 Å². The first kappa shape index (κ1) is 15.4. The summed E-state index contributed by atoms with van der Waals surface area (Å²) in [6.45, 7) is 5.57. The van der Waals surface area contributed by atoms with Crippen molar-refractivity contribution in [1.29, 1.82) is 0 Å². The van der Waals surface area contributed by atoms with Crippen molar-refractivity contribution >= 4 is 17.3 Å². The third-order valence-electron chi connectivity index (χ3n) is 3.51. The Morgan fingerprint density at radius 1 is 1.48 bits per heavy atom. The monoisotopic (exact) mass is 307 g/mol. The van der Waals surface area contributed by atoms with Gasteiger partial charge in [-0.3, -0.25) is 9.36 Å². The lowest BCUT2D eigenvalue weighted by atomic mass is 9.99. The highest BCUT2D eigenvalue weighted by Crippen LogP contribution is 2.16. The van der Waals surface area contributed by atoms with E-state index in [1.54, 1.807) is 23.9 Å². The molecular weight excluding hydrogens is 290 g/mol. The largest absolute Gasteiger partial charge is 0.481 e. The van der Waals surface area contributed by atoms with Crippen LogP contribution in [0.15, 0.2) is 15.7 Å². The van der Waals surface area contributed by atoms with Crippen molar-refractivity contribution in [2.24, 2.45) is 5.92 Å². The summed E-state index contributed by atoms with van der Waals surface area (Å²) in [6.07, 6.45) is 0.358. The first-order chi connectivity index (χ1) is 9.90. The molecule has 7 heteroatoms. The van der Waals surface area contributed by atoms with Crippen LogP contribution >= 0.6 is 11.3 Å². The summed E-state index contributed by atoms with van der Waals surface area (Å²) in [6, 6.07) is 0. The van der Waals surface area contributed by atoms with E-state index in [2.05, 4.69) is 9.97 Å². The zero-order valence-corrected chi connectivity index (χ0v) is 13.0. The number of aliphatic carboxylic acids is 1. The van der Waals surface area contributed by atoms with Crippen LogP contribution in [0.5, 0.6) is 0 Å². The fraction of sp³-hybridized carbons (Fsp3) is 0.429. The van der Waals surface area contributed by atoms with Crippen molar-refractivity contribution in [3.05, 3.63) is 44.0 Å². The van der Waals surface area contributed by atoms with E-state index in [4.69, 9.17) is 5.11 Å². The van der Waals surface area contributed by atoms with E-state index in [1.165, 1.54) is 11.3 Å². The highest BCUT2D eigenvalue weighted by Gasteiger charge is 2.18. The van der Waals surface area contributed by atoms with E-state index >= 15 is 0 Å². The minimum Gasteiger partial charge on any atom is -0.481 e. The summed E-state index contributed by atoms with van der Waals surface area (Å²) in [5, 5.41) is 10.9. The Labute approximate surface area is 126 Å². The second-order valence-electron chi connectivity index (χ2n) is 5.05. The van der Waals surface area contributed by atoms with E-state index in [0.717, 1.165) is 17.0 Å². The van der Waals surface area contributed by atoms with E-state index in [0.29, 0.717) is 18.7 Å². The Bertz CT molecular complexity index is 707. The summed E-state index contributed by atoms with van der Waals surface area (Å²) in [7, 11) is 0. The van der Waals surface area contributed by atoms with Gasteiger partial charge in [0.05, 0.1) is 23.7 Å². The Hall–Kier alpha value is -2.02. The van der Waals surface area contributed by atoms with Gasteiger partial charge >= 0.3 is 11.7 Å². The van der Waals surface area contributed by atoms with Crippen LogP contribution in [0.4, 0.5) is 0 Å². The van der Waals surface area contributed by atoms with Crippen molar-refractivity contribution in [1.82, 2.24) is 14.5 Å². The highest BCUT2D eigenvalue weighted by atomic mass is 32.1. The molecule has 0 radical (unpaired) electrons. The lowest BCUT2D eigenvalue weighted by Gasteiger charge is -2.16. The molecule has 6 nitrogen and oxygen atoms in total. The molecule has 1 unspecified atom stereocenters. The number of hydrogen-bond acceptors (Lipinski definition) is 5. The van der Waals surface area contributed by atoms with Crippen LogP contribution < -0.4 is 5.69 Å². The van der Waals surface area contributed by atoms with Gasteiger partial charge in [-0.15, -0.1) is 11.3 Å². The summed E-state index contributed by atoms with van der Waals surface area (Å²) in [4.78, 5) is 31.3. The summed E-state index contributed by atoms with van der Waals surface area (Å²) in [5.74, 6) is -1.37. The molecule has 0 aliphatic heterocycles. The number of aryl methyl sites for hydroxylation is 1. The van der Waals surface area contributed by atoms with Gasteiger partial charge in [-0.25, -0.2) is 9.78 Å². The number of rotatable bonds is 5. The molecular formula is C14H17N3O3S. The molecule has 0 fully saturated rings. The average molecular weight is 307 g/mol. The van der Waals surface area contributed by atoms with Gasteiger partial charge in [-0.2, -0.15) is 4.98 Å².